The Labute approximate surface area is 65.1 Å². The Kier molecular flexibility index (Phi) is 3.43. The lowest BCUT2D eigenvalue weighted by molar-refractivity contribution is -0.140. The molecule has 0 atom stereocenters. The SMILES string of the molecule is COC(=O)CN(C)S(N)(=O)=O. The van der Waals surface area contributed by atoms with E-state index < -0.39 is 16.2 Å². The molecule has 0 spiro atoms. The van der Waals surface area contributed by atoms with Crippen LogP contribution >= 0.6 is 0 Å². The molecule has 0 aromatic carbocycles. The van der Waals surface area contributed by atoms with Gasteiger partial charge in [-0.25, -0.2) is 5.14 Å². The van der Waals surface area contributed by atoms with Gasteiger partial charge in [0.1, 0.15) is 6.54 Å². The summed E-state index contributed by atoms with van der Waals surface area (Å²) >= 11 is 0. The monoisotopic (exact) mass is 182 g/mol. The predicted octanol–water partition coefficient (Wildman–Crippen LogP) is -1.71. The number of rotatable bonds is 3. The summed E-state index contributed by atoms with van der Waals surface area (Å²) in [5, 5.41) is 4.67. The number of carbonyl (C=O) groups excluding carboxylic acids is 1. The number of likely N-dealkylation sites (N-methyl/N-ethyl adjacent to an activating group) is 1. The van der Waals surface area contributed by atoms with Crippen LogP contribution in [-0.4, -0.2) is 39.4 Å². The third-order valence-corrected chi connectivity index (χ3v) is 2.01. The van der Waals surface area contributed by atoms with Crippen molar-refractivity contribution in [2.24, 2.45) is 5.14 Å². The molecule has 0 aliphatic heterocycles. The number of hydrogen-bond acceptors (Lipinski definition) is 4. The molecule has 0 saturated carbocycles. The van der Waals surface area contributed by atoms with Crippen molar-refractivity contribution in [3.63, 3.8) is 0 Å². The van der Waals surface area contributed by atoms with Crippen molar-refractivity contribution in [1.29, 1.82) is 0 Å². The summed E-state index contributed by atoms with van der Waals surface area (Å²) in [5.41, 5.74) is 0. The van der Waals surface area contributed by atoms with E-state index in [1.165, 1.54) is 14.2 Å². The summed E-state index contributed by atoms with van der Waals surface area (Å²) in [6.45, 7) is -0.366. The smallest absolute Gasteiger partial charge is 0.321 e. The van der Waals surface area contributed by atoms with Crippen LogP contribution in [0.25, 0.3) is 0 Å². The highest BCUT2D eigenvalue weighted by molar-refractivity contribution is 7.86. The molecule has 2 N–H and O–H groups in total. The zero-order valence-electron chi connectivity index (χ0n) is 6.27. The van der Waals surface area contributed by atoms with Crippen LogP contribution < -0.4 is 5.14 Å². The second-order valence-corrected chi connectivity index (χ2v) is 3.53. The summed E-state index contributed by atoms with van der Waals surface area (Å²) in [5.74, 6) is -0.651. The van der Waals surface area contributed by atoms with Crippen molar-refractivity contribution in [2.75, 3.05) is 20.7 Å². The van der Waals surface area contributed by atoms with Gasteiger partial charge in [-0.2, -0.15) is 12.7 Å². The van der Waals surface area contributed by atoms with Crippen LogP contribution in [0.3, 0.4) is 0 Å². The highest BCUT2D eigenvalue weighted by Crippen LogP contribution is 1.88. The average molecular weight is 182 g/mol. The molecule has 0 rings (SSSR count). The third-order valence-electron chi connectivity index (χ3n) is 1.01. The van der Waals surface area contributed by atoms with Gasteiger partial charge in [0.25, 0.3) is 10.2 Å². The lowest BCUT2D eigenvalue weighted by Gasteiger charge is -2.10. The fourth-order valence-corrected chi connectivity index (χ4v) is 0.622. The lowest BCUT2D eigenvalue weighted by atomic mass is 10.7. The molecule has 0 aromatic rings. The lowest BCUT2D eigenvalue weighted by Crippen LogP contribution is -2.37. The minimum atomic E-state index is -3.78. The Morgan fingerprint density at radius 3 is 2.36 bits per heavy atom. The van der Waals surface area contributed by atoms with E-state index in [1.54, 1.807) is 0 Å². The van der Waals surface area contributed by atoms with E-state index in [-0.39, 0.29) is 6.54 Å². The Morgan fingerprint density at radius 2 is 2.09 bits per heavy atom. The molecule has 0 unspecified atom stereocenters. The number of hydrogen-bond donors (Lipinski definition) is 1. The van der Waals surface area contributed by atoms with Crippen molar-refractivity contribution in [3.05, 3.63) is 0 Å². The zero-order chi connectivity index (χ0) is 9.07. The van der Waals surface area contributed by atoms with Crippen molar-refractivity contribution in [2.45, 2.75) is 0 Å². The van der Waals surface area contributed by atoms with Crippen LogP contribution in [-0.2, 0) is 19.7 Å². The molecule has 7 heteroatoms. The first kappa shape index (κ1) is 10.3. The zero-order valence-corrected chi connectivity index (χ0v) is 7.09. The van der Waals surface area contributed by atoms with Crippen molar-refractivity contribution in [1.82, 2.24) is 4.31 Å². The molecule has 11 heavy (non-hydrogen) atoms. The molecular weight excluding hydrogens is 172 g/mol. The first-order valence-electron chi connectivity index (χ1n) is 2.69. The van der Waals surface area contributed by atoms with Gasteiger partial charge in [0.15, 0.2) is 0 Å². The van der Waals surface area contributed by atoms with Gasteiger partial charge in [0.05, 0.1) is 7.11 Å². The van der Waals surface area contributed by atoms with E-state index >= 15 is 0 Å². The molecule has 0 fully saturated rings. The maximum Gasteiger partial charge on any atom is 0.321 e. The van der Waals surface area contributed by atoms with Gasteiger partial charge < -0.3 is 4.74 Å². The van der Waals surface area contributed by atoms with Gasteiger partial charge in [0.2, 0.25) is 0 Å². The third kappa shape index (κ3) is 3.91. The van der Waals surface area contributed by atoms with E-state index in [9.17, 15) is 13.2 Å². The van der Waals surface area contributed by atoms with Crippen LogP contribution in [0.5, 0.6) is 0 Å². The van der Waals surface area contributed by atoms with Crippen molar-refractivity contribution in [3.8, 4) is 0 Å². The first-order valence-corrected chi connectivity index (χ1v) is 4.19. The maximum atomic E-state index is 10.5. The van der Waals surface area contributed by atoms with Crippen LogP contribution in [0.4, 0.5) is 0 Å². The minimum Gasteiger partial charge on any atom is -0.468 e. The Morgan fingerprint density at radius 1 is 1.64 bits per heavy atom. The normalized spacial score (nSPS) is 11.6. The van der Waals surface area contributed by atoms with Gasteiger partial charge in [-0.05, 0) is 0 Å². The largest absolute Gasteiger partial charge is 0.468 e. The predicted molar refractivity (Wildman–Crippen MR) is 37.8 cm³/mol. The van der Waals surface area contributed by atoms with Gasteiger partial charge in [-0.1, -0.05) is 0 Å². The molecule has 6 nitrogen and oxygen atoms in total. The fourth-order valence-electron chi connectivity index (χ4n) is 0.336. The summed E-state index contributed by atoms with van der Waals surface area (Å²) in [4.78, 5) is 10.5. The van der Waals surface area contributed by atoms with Gasteiger partial charge >= 0.3 is 5.97 Å². The van der Waals surface area contributed by atoms with E-state index in [0.717, 1.165) is 0 Å². The van der Waals surface area contributed by atoms with Crippen LogP contribution in [0.2, 0.25) is 0 Å². The minimum absolute atomic E-state index is 0.366. The molecule has 0 heterocycles. The number of ether oxygens (including phenoxy) is 1. The number of nitrogens with zero attached hydrogens (tertiary/aromatic N) is 1. The first-order chi connectivity index (χ1) is 4.88. The van der Waals surface area contributed by atoms with Gasteiger partial charge in [-0.15, -0.1) is 0 Å². The molecule has 0 amide bonds. The number of esters is 1. The average Bonchev–Trinajstić information content (AvgIpc) is 1.85. The highest BCUT2D eigenvalue weighted by atomic mass is 32.2. The van der Waals surface area contributed by atoms with E-state index in [2.05, 4.69) is 9.88 Å². The summed E-state index contributed by atoms with van der Waals surface area (Å²) < 4.78 is 25.9. The number of carbonyl (C=O) groups is 1. The molecule has 0 saturated heterocycles. The fraction of sp³-hybridized carbons (Fsp3) is 0.750. The Hall–Kier alpha value is -0.660. The number of nitrogens with two attached hydrogens (primary N) is 1. The molecule has 0 aliphatic rings. The molecule has 0 aromatic heterocycles. The summed E-state index contributed by atoms with van der Waals surface area (Å²) in [6.07, 6.45) is 0. The molecular formula is C4H10N2O4S. The summed E-state index contributed by atoms with van der Waals surface area (Å²) in [6, 6.07) is 0. The summed E-state index contributed by atoms with van der Waals surface area (Å²) in [7, 11) is -1.42. The second-order valence-electron chi connectivity index (χ2n) is 1.88. The van der Waals surface area contributed by atoms with E-state index in [0.29, 0.717) is 4.31 Å². The second kappa shape index (κ2) is 3.65. The Bertz CT molecular complexity index is 234. The Balaban J connectivity index is 4.10. The van der Waals surface area contributed by atoms with Crippen LogP contribution in [0, 0.1) is 0 Å². The highest BCUT2D eigenvalue weighted by Gasteiger charge is 2.15. The van der Waals surface area contributed by atoms with E-state index in [4.69, 9.17) is 0 Å². The number of methoxy groups -OCH3 is 1. The standard InChI is InChI=1S/C4H10N2O4S/c1-6(11(5,8)9)3-4(7)10-2/h3H2,1-2H3,(H2,5,8,9). The molecule has 0 aliphatic carbocycles. The molecule has 0 bridgehead atoms. The topological polar surface area (TPSA) is 89.7 Å². The molecule has 66 valence electrons. The quantitative estimate of drug-likeness (QED) is 0.526. The molecule has 0 radical (unpaired) electrons. The van der Waals surface area contributed by atoms with Crippen LogP contribution in [0.15, 0.2) is 0 Å². The van der Waals surface area contributed by atoms with Crippen LogP contribution in [0.1, 0.15) is 0 Å². The van der Waals surface area contributed by atoms with Gasteiger partial charge in [0, 0.05) is 7.05 Å². The van der Waals surface area contributed by atoms with Gasteiger partial charge in [-0.3, -0.25) is 4.79 Å². The van der Waals surface area contributed by atoms with E-state index in [1.807, 2.05) is 0 Å². The van der Waals surface area contributed by atoms with Crippen molar-refractivity contribution >= 4 is 16.2 Å². The maximum absolute atomic E-state index is 10.5. The van der Waals surface area contributed by atoms with Crippen molar-refractivity contribution < 1.29 is 17.9 Å².